The van der Waals surface area contributed by atoms with Crippen molar-refractivity contribution in [2.24, 2.45) is 11.7 Å². The Labute approximate surface area is 129 Å². The van der Waals surface area contributed by atoms with Crippen molar-refractivity contribution in [1.29, 1.82) is 0 Å². The number of nitrogens with two attached hydrogens (primary N) is 1. The predicted molar refractivity (Wildman–Crippen MR) is 81.4 cm³/mol. The fraction of sp³-hybridized carbons (Fsp3) is 0.533. The van der Waals surface area contributed by atoms with Crippen molar-refractivity contribution in [1.82, 2.24) is 5.32 Å². The van der Waals surface area contributed by atoms with Gasteiger partial charge in [0.05, 0.1) is 18.2 Å². The number of hydrogen-bond donors (Lipinski definition) is 2. The normalized spacial score (nSPS) is 17.3. The van der Waals surface area contributed by atoms with E-state index in [1.807, 2.05) is 6.07 Å². The molecule has 3 N–H and O–H groups in total. The molecule has 1 saturated heterocycles. The number of rotatable bonds is 5. The first kappa shape index (κ1) is 16.1. The van der Waals surface area contributed by atoms with Gasteiger partial charge >= 0.3 is 0 Å². The summed E-state index contributed by atoms with van der Waals surface area (Å²) in [5.74, 6) is 0.678. The summed E-state index contributed by atoms with van der Waals surface area (Å²) in [6.45, 7) is 1.76. The summed E-state index contributed by atoms with van der Waals surface area (Å²) in [4.78, 5) is 12.1. The lowest BCUT2D eigenvalue weighted by molar-refractivity contribution is -0.124. The van der Waals surface area contributed by atoms with Gasteiger partial charge in [-0.1, -0.05) is 17.7 Å². The molecule has 1 unspecified atom stereocenters. The molecule has 1 atom stereocenters. The van der Waals surface area contributed by atoms with E-state index >= 15 is 0 Å². The van der Waals surface area contributed by atoms with E-state index in [4.69, 9.17) is 26.8 Å². The van der Waals surface area contributed by atoms with Crippen molar-refractivity contribution in [2.45, 2.75) is 25.4 Å². The zero-order valence-electron chi connectivity index (χ0n) is 12.1. The molecule has 1 heterocycles. The van der Waals surface area contributed by atoms with Crippen LogP contribution in [-0.4, -0.2) is 32.3 Å². The Bertz CT molecular complexity index is 490. The zero-order chi connectivity index (χ0) is 15.2. The van der Waals surface area contributed by atoms with Crippen LogP contribution >= 0.6 is 11.6 Å². The van der Waals surface area contributed by atoms with Crippen molar-refractivity contribution < 1.29 is 14.3 Å². The van der Waals surface area contributed by atoms with E-state index in [2.05, 4.69) is 5.32 Å². The molecule has 6 heteroatoms. The Morgan fingerprint density at radius 3 is 2.86 bits per heavy atom. The molecule has 0 spiro atoms. The molecule has 1 amide bonds. The molecule has 1 aromatic rings. The lowest BCUT2D eigenvalue weighted by Crippen LogP contribution is -2.46. The summed E-state index contributed by atoms with van der Waals surface area (Å²) in [5, 5.41) is 3.38. The van der Waals surface area contributed by atoms with Gasteiger partial charge in [-0.2, -0.15) is 0 Å². The van der Waals surface area contributed by atoms with E-state index in [0.717, 1.165) is 18.4 Å². The van der Waals surface area contributed by atoms with Crippen LogP contribution < -0.4 is 15.8 Å². The standard InChI is InChI=1S/C15H21ClN2O3/c1-20-13-3-2-10(8-12(13)16)9-18-15(19)14(17)11-4-6-21-7-5-11/h2-3,8,11,14H,4-7,9,17H2,1H3,(H,18,19). The maximum Gasteiger partial charge on any atom is 0.237 e. The maximum absolute atomic E-state index is 12.1. The Hall–Kier alpha value is -1.30. The number of hydrogen-bond acceptors (Lipinski definition) is 4. The molecule has 0 bridgehead atoms. The number of benzene rings is 1. The second-order valence-electron chi connectivity index (χ2n) is 5.16. The minimum atomic E-state index is -0.484. The minimum Gasteiger partial charge on any atom is -0.495 e. The van der Waals surface area contributed by atoms with Crippen molar-refractivity contribution in [2.75, 3.05) is 20.3 Å². The Morgan fingerprint density at radius 1 is 1.52 bits per heavy atom. The van der Waals surface area contributed by atoms with E-state index in [1.165, 1.54) is 0 Å². The molecule has 116 valence electrons. The quantitative estimate of drug-likeness (QED) is 0.868. The first-order chi connectivity index (χ1) is 10.1. The Kier molecular flexibility index (Phi) is 5.85. The maximum atomic E-state index is 12.1. The Balaban J connectivity index is 1.86. The van der Waals surface area contributed by atoms with Crippen LogP contribution in [0.3, 0.4) is 0 Å². The predicted octanol–water partition coefficient (Wildman–Crippen LogP) is 1.72. The van der Waals surface area contributed by atoms with Crippen molar-refractivity contribution >= 4 is 17.5 Å². The van der Waals surface area contributed by atoms with Gasteiger partial charge in [0.25, 0.3) is 0 Å². The van der Waals surface area contributed by atoms with Crippen LogP contribution in [0.2, 0.25) is 5.02 Å². The van der Waals surface area contributed by atoms with Crippen molar-refractivity contribution in [3.63, 3.8) is 0 Å². The topological polar surface area (TPSA) is 73.6 Å². The molecule has 21 heavy (non-hydrogen) atoms. The average Bonchev–Trinajstić information content (AvgIpc) is 2.52. The van der Waals surface area contributed by atoms with Crippen LogP contribution in [0.1, 0.15) is 18.4 Å². The van der Waals surface area contributed by atoms with Gasteiger partial charge in [-0.05, 0) is 36.5 Å². The minimum absolute atomic E-state index is 0.131. The molecule has 1 fully saturated rings. The fourth-order valence-corrected chi connectivity index (χ4v) is 2.70. The molecule has 2 rings (SSSR count). The van der Waals surface area contributed by atoms with E-state index < -0.39 is 6.04 Å². The second-order valence-corrected chi connectivity index (χ2v) is 5.57. The molecule has 0 aromatic heterocycles. The number of halogens is 1. The molecule has 0 saturated carbocycles. The van der Waals surface area contributed by atoms with Gasteiger partial charge in [0, 0.05) is 19.8 Å². The van der Waals surface area contributed by atoms with Gasteiger partial charge in [-0.3, -0.25) is 4.79 Å². The van der Waals surface area contributed by atoms with Crippen LogP contribution in [0.15, 0.2) is 18.2 Å². The van der Waals surface area contributed by atoms with E-state index in [9.17, 15) is 4.79 Å². The zero-order valence-corrected chi connectivity index (χ0v) is 12.9. The smallest absolute Gasteiger partial charge is 0.237 e. The van der Waals surface area contributed by atoms with Crippen LogP contribution in [0.4, 0.5) is 0 Å². The average molecular weight is 313 g/mol. The van der Waals surface area contributed by atoms with E-state index in [-0.39, 0.29) is 11.8 Å². The number of carbonyl (C=O) groups is 1. The van der Waals surface area contributed by atoms with Gasteiger partial charge in [-0.15, -0.1) is 0 Å². The summed E-state index contributed by atoms with van der Waals surface area (Å²) < 4.78 is 10.4. The fourth-order valence-electron chi connectivity index (χ4n) is 2.42. The molecule has 5 nitrogen and oxygen atoms in total. The van der Waals surface area contributed by atoms with E-state index in [1.54, 1.807) is 19.2 Å². The van der Waals surface area contributed by atoms with Gasteiger partial charge in [0.15, 0.2) is 0 Å². The van der Waals surface area contributed by atoms with Crippen molar-refractivity contribution in [3.8, 4) is 5.75 Å². The summed E-state index contributed by atoms with van der Waals surface area (Å²) in [5.41, 5.74) is 6.93. The van der Waals surface area contributed by atoms with Crippen LogP contribution in [0.25, 0.3) is 0 Å². The third-order valence-electron chi connectivity index (χ3n) is 3.76. The Morgan fingerprint density at radius 2 is 2.24 bits per heavy atom. The highest BCUT2D eigenvalue weighted by atomic mass is 35.5. The highest BCUT2D eigenvalue weighted by Crippen LogP contribution is 2.25. The molecular formula is C15H21ClN2O3. The van der Waals surface area contributed by atoms with Gasteiger partial charge in [-0.25, -0.2) is 0 Å². The summed E-state index contributed by atoms with van der Waals surface area (Å²) >= 11 is 6.05. The third kappa shape index (κ3) is 4.33. The SMILES string of the molecule is COc1ccc(CNC(=O)C(N)C2CCOCC2)cc1Cl. The molecule has 0 aliphatic carbocycles. The number of carbonyl (C=O) groups excluding carboxylic acids is 1. The van der Waals surface area contributed by atoms with Gasteiger partial charge in [0.2, 0.25) is 5.91 Å². The number of methoxy groups -OCH3 is 1. The lowest BCUT2D eigenvalue weighted by Gasteiger charge is -2.26. The third-order valence-corrected chi connectivity index (χ3v) is 4.05. The number of nitrogens with one attached hydrogen (secondary N) is 1. The molecule has 1 aromatic carbocycles. The highest BCUT2D eigenvalue weighted by Gasteiger charge is 2.26. The monoisotopic (exact) mass is 312 g/mol. The van der Waals surface area contributed by atoms with Crippen molar-refractivity contribution in [3.05, 3.63) is 28.8 Å². The number of ether oxygens (including phenoxy) is 2. The van der Waals surface area contributed by atoms with E-state index in [0.29, 0.717) is 30.5 Å². The highest BCUT2D eigenvalue weighted by molar-refractivity contribution is 6.32. The lowest BCUT2D eigenvalue weighted by atomic mass is 9.92. The molecule has 0 radical (unpaired) electrons. The molecular weight excluding hydrogens is 292 g/mol. The molecule has 1 aliphatic heterocycles. The first-order valence-corrected chi connectivity index (χ1v) is 7.43. The van der Waals surface area contributed by atoms with Gasteiger partial charge in [0.1, 0.15) is 5.75 Å². The summed E-state index contributed by atoms with van der Waals surface area (Å²) in [6, 6.07) is 4.94. The summed E-state index contributed by atoms with van der Waals surface area (Å²) in [6.07, 6.45) is 1.67. The largest absolute Gasteiger partial charge is 0.495 e. The van der Waals surface area contributed by atoms with Crippen LogP contribution in [0, 0.1) is 5.92 Å². The summed E-state index contributed by atoms with van der Waals surface area (Å²) in [7, 11) is 1.57. The van der Waals surface area contributed by atoms with Gasteiger partial charge < -0.3 is 20.5 Å². The van der Waals surface area contributed by atoms with Crippen LogP contribution in [-0.2, 0) is 16.1 Å². The molecule has 1 aliphatic rings. The van der Waals surface area contributed by atoms with Crippen LogP contribution in [0.5, 0.6) is 5.75 Å². The number of amides is 1. The second kappa shape index (κ2) is 7.64. The first-order valence-electron chi connectivity index (χ1n) is 7.05.